The van der Waals surface area contributed by atoms with Crippen molar-refractivity contribution >= 4 is 52.8 Å². The first kappa shape index (κ1) is 23.3. The summed E-state index contributed by atoms with van der Waals surface area (Å²) in [7, 11) is 1.69. The predicted octanol–water partition coefficient (Wildman–Crippen LogP) is 3.52. The largest absolute Gasteiger partial charge is 0.481 e. The summed E-state index contributed by atoms with van der Waals surface area (Å²) in [4.78, 5) is 36.8. The van der Waals surface area contributed by atoms with Crippen molar-refractivity contribution in [2.45, 2.75) is 19.4 Å². The van der Waals surface area contributed by atoms with Gasteiger partial charge >= 0.3 is 5.97 Å². The van der Waals surface area contributed by atoms with Crippen molar-refractivity contribution in [3.63, 3.8) is 0 Å². The van der Waals surface area contributed by atoms with Crippen molar-refractivity contribution < 1.29 is 19.5 Å². The number of rotatable bonds is 7. The second-order valence-corrected chi connectivity index (χ2v) is 7.84. The molecule has 1 aliphatic rings. The van der Waals surface area contributed by atoms with Crippen molar-refractivity contribution in [3.8, 4) is 0 Å². The van der Waals surface area contributed by atoms with Crippen LogP contribution in [0.3, 0.4) is 0 Å². The summed E-state index contributed by atoms with van der Waals surface area (Å²) >= 11 is 12.7. The fourth-order valence-electron chi connectivity index (χ4n) is 3.48. The fourth-order valence-corrected chi connectivity index (χ4v) is 4.13. The van der Waals surface area contributed by atoms with E-state index < -0.39 is 17.8 Å². The average molecular weight is 475 g/mol. The molecule has 0 unspecified atom stereocenters. The molecule has 0 radical (unpaired) electrons. The minimum Gasteiger partial charge on any atom is -0.481 e. The van der Waals surface area contributed by atoms with Gasteiger partial charge in [0.2, 0.25) is 0 Å². The van der Waals surface area contributed by atoms with E-state index >= 15 is 0 Å². The molecule has 32 heavy (non-hydrogen) atoms. The molecular formula is C22H20Cl2N4O4. The first-order valence-corrected chi connectivity index (χ1v) is 10.3. The molecule has 0 saturated carbocycles. The topological polar surface area (TPSA) is 123 Å². The third-order valence-corrected chi connectivity index (χ3v) is 5.52. The highest BCUT2D eigenvalue weighted by molar-refractivity contribution is 6.40. The van der Waals surface area contributed by atoms with Gasteiger partial charge in [0.25, 0.3) is 11.8 Å². The quantitative estimate of drug-likeness (QED) is 0.457. The zero-order valence-electron chi connectivity index (χ0n) is 17.0. The number of carbonyl (C=O) groups excluding carboxylic acids is 2. The van der Waals surface area contributed by atoms with Crippen molar-refractivity contribution in [1.82, 2.24) is 15.8 Å². The molecule has 0 spiro atoms. The Morgan fingerprint density at radius 2 is 1.97 bits per heavy atom. The van der Waals surface area contributed by atoms with Gasteiger partial charge in [-0.15, -0.1) is 0 Å². The Hall–Kier alpha value is -3.36. The third-order valence-electron chi connectivity index (χ3n) is 4.93. The molecule has 10 heteroatoms. The van der Waals surface area contributed by atoms with E-state index in [0.717, 1.165) is 11.2 Å². The number of amides is 2. The van der Waals surface area contributed by atoms with E-state index in [1.807, 2.05) is 0 Å². The lowest BCUT2D eigenvalue weighted by Gasteiger charge is -2.30. The number of hydrogen-bond acceptors (Lipinski definition) is 5. The van der Waals surface area contributed by atoms with Gasteiger partial charge in [0.15, 0.2) is 0 Å². The van der Waals surface area contributed by atoms with Crippen LogP contribution in [0.15, 0.2) is 36.5 Å². The van der Waals surface area contributed by atoms with Crippen LogP contribution in [0.5, 0.6) is 0 Å². The summed E-state index contributed by atoms with van der Waals surface area (Å²) in [5, 5.41) is 20.6. The zero-order chi connectivity index (χ0) is 23.4. The molecule has 1 aliphatic heterocycles. The molecular weight excluding hydrogens is 455 g/mol. The average Bonchev–Trinajstić information content (AvgIpc) is 2.74. The van der Waals surface area contributed by atoms with Gasteiger partial charge in [-0.05, 0) is 35.2 Å². The summed E-state index contributed by atoms with van der Waals surface area (Å²) in [5.41, 5.74) is 5.21. The molecule has 3 rings (SSSR count). The Morgan fingerprint density at radius 1 is 1.28 bits per heavy atom. The van der Waals surface area contributed by atoms with Gasteiger partial charge in [0.1, 0.15) is 0 Å². The number of carbonyl (C=O) groups is 3. The van der Waals surface area contributed by atoms with Crippen LogP contribution in [0.1, 0.15) is 43.8 Å². The van der Waals surface area contributed by atoms with Crippen molar-refractivity contribution in [2.24, 2.45) is 0 Å². The van der Waals surface area contributed by atoms with Crippen LogP contribution in [0.4, 0.5) is 0 Å². The molecule has 8 nitrogen and oxygen atoms in total. The standard InChI is InChI=1S/C22H20Cl2N4O4/c1-26-10-15(9-25)14-7-16(23)20(17(24)8-14)22(32)28-11-13-4-2-3-12(5-6-18(29)30)19(13)21(31)27-28/h2-4,7-10,25-26H,5-6,11H2,1H3,(H,27,31)(H,29,30)/b15-10+,25-9?. The summed E-state index contributed by atoms with van der Waals surface area (Å²) in [6.45, 7) is 0.0701. The van der Waals surface area contributed by atoms with E-state index in [9.17, 15) is 14.4 Å². The van der Waals surface area contributed by atoms with Gasteiger partial charge in [0, 0.05) is 37.0 Å². The number of allylic oxidation sites excluding steroid dienone is 1. The molecule has 0 aliphatic carbocycles. The lowest BCUT2D eigenvalue weighted by molar-refractivity contribution is -0.136. The smallest absolute Gasteiger partial charge is 0.303 e. The van der Waals surface area contributed by atoms with Gasteiger partial charge in [-0.1, -0.05) is 41.4 Å². The Balaban J connectivity index is 1.91. The fraction of sp³-hybridized carbons (Fsp3) is 0.182. The number of carboxylic acid groups (broad SMARTS) is 1. The number of nitrogens with one attached hydrogen (secondary N) is 3. The molecule has 1 heterocycles. The lowest BCUT2D eigenvalue weighted by atomic mass is 9.95. The number of fused-ring (bicyclic) bond motifs is 1. The van der Waals surface area contributed by atoms with Crippen LogP contribution in [0.25, 0.3) is 5.57 Å². The molecule has 0 saturated heterocycles. The van der Waals surface area contributed by atoms with E-state index in [-0.39, 0.29) is 35.0 Å². The van der Waals surface area contributed by atoms with Crippen molar-refractivity contribution in [3.05, 3.63) is 74.4 Å². The highest BCUT2D eigenvalue weighted by Gasteiger charge is 2.31. The van der Waals surface area contributed by atoms with E-state index in [1.54, 1.807) is 31.4 Å². The van der Waals surface area contributed by atoms with Gasteiger partial charge in [-0.3, -0.25) is 19.8 Å². The summed E-state index contributed by atoms with van der Waals surface area (Å²) in [6, 6.07) is 8.19. The van der Waals surface area contributed by atoms with Crippen LogP contribution >= 0.6 is 23.2 Å². The number of aliphatic carboxylic acids is 1. The molecule has 2 aromatic carbocycles. The summed E-state index contributed by atoms with van der Waals surface area (Å²) in [6.07, 6.45) is 2.82. The second kappa shape index (κ2) is 9.84. The van der Waals surface area contributed by atoms with Gasteiger partial charge in [0.05, 0.1) is 22.2 Å². The highest BCUT2D eigenvalue weighted by atomic mass is 35.5. The zero-order valence-corrected chi connectivity index (χ0v) is 18.5. The van der Waals surface area contributed by atoms with Gasteiger partial charge < -0.3 is 15.8 Å². The summed E-state index contributed by atoms with van der Waals surface area (Å²) < 4.78 is 0. The first-order valence-electron chi connectivity index (χ1n) is 9.59. The maximum Gasteiger partial charge on any atom is 0.303 e. The van der Waals surface area contributed by atoms with Crippen LogP contribution in [0.2, 0.25) is 10.0 Å². The molecule has 4 N–H and O–H groups in total. The van der Waals surface area contributed by atoms with Crippen LogP contribution < -0.4 is 10.7 Å². The minimum absolute atomic E-state index is 0.0247. The number of nitrogens with zero attached hydrogens (tertiary/aromatic N) is 1. The Kier molecular flexibility index (Phi) is 7.17. The number of halogens is 2. The molecule has 166 valence electrons. The summed E-state index contributed by atoms with van der Waals surface area (Å²) in [5.74, 6) is -2.05. The van der Waals surface area contributed by atoms with E-state index in [2.05, 4.69) is 10.7 Å². The second-order valence-electron chi connectivity index (χ2n) is 7.02. The van der Waals surface area contributed by atoms with Crippen molar-refractivity contribution in [2.75, 3.05) is 7.05 Å². The Morgan fingerprint density at radius 3 is 2.56 bits per heavy atom. The SMILES string of the molecule is CN/C=C(\C=N)c1cc(Cl)c(C(=O)N2Cc3cccc(CCC(=O)O)c3C(=O)N2)c(Cl)c1. The van der Waals surface area contributed by atoms with Crippen LogP contribution in [-0.4, -0.2) is 41.2 Å². The van der Waals surface area contributed by atoms with E-state index in [0.29, 0.717) is 27.8 Å². The molecule has 2 aromatic rings. The molecule has 0 bridgehead atoms. The Labute approximate surface area is 194 Å². The maximum atomic E-state index is 13.2. The molecule has 0 fully saturated rings. The number of carboxylic acids is 1. The van der Waals surface area contributed by atoms with E-state index in [1.165, 1.54) is 12.1 Å². The lowest BCUT2D eigenvalue weighted by Crippen LogP contribution is -2.49. The molecule has 2 amide bonds. The van der Waals surface area contributed by atoms with Crippen molar-refractivity contribution in [1.29, 1.82) is 5.41 Å². The molecule has 0 aromatic heterocycles. The monoisotopic (exact) mass is 474 g/mol. The van der Waals surface area contributed by atoms with Crippen LogP contribution in [-0.2, 0) is 17.8 Å². The Bertz CT molecular complexity index is 1120. The number of hydrazine groups is 1. The predicted molar refractivity (Wildman–Crippen MR) is 122 cm³/mol. The number of aryl methyl sites for hydroxylation is 1. The first-order chi connectivity index (χ1) is 15.3. The third kappa shape index (κ3) is 4.76. The minimum atomic E-state index is -0.959. The maximum absolute atomic E-state index is 13.2. The van der Waals surface area contributed by atoms with Gasteiger partial charge in [-0.2, -0.15) is 0 Å². The number of benzene rings is 2. The van der Waals surface area contributed by atoms with Gasteiger partial charge in [-0.25, -0.2) is 5.01 Å². The molecule has 0 atom stereocenters. The normalized spacial score (nSPS) is 13.3. The van der Waals surface area contributed by atoms with Crippen LogP contribution in [0, 0.1) is 5.41 Å². The highest BCUT2D eigenvalue weighted by Crippen LogP contribution is 2.31. The number of hydrogen-bond donors (Lipinski definition) is 4. The van der Waals surface area contributed by atoms with E-state index in [4.69, 9.17) is 33.7 Å².